The van der Waals surface area contributed by atoms with Crippen molar-refractivity contribution in [2.75, 3.05) is 19.6 Å². The quantitative estimate of drug-likeness (QED) is 0.862. The fourth-order valence-corrected chi connectivity index (χ4v) is 3.37. The van der Waals surface area contributed by atoms with Gasteiger partial charge in [-0.15, -0.1) is 0 Å². The van der Waals surface area contributed by atoms with Crippen molar-refractivity contribution in [2.24, 2.45) is 5.92 Å². The van der Waals surface area contributed by atoms with Gasteiger partial charge in [0.05, 0.1) is 0 Å². The predicted octanol–water partition coefficient (Wildman–Crippen LogP) is 3.33. The summed E-state index contributed by atoms with van der Waals surface area (Å²) in [6.45, 7) is 7.63. The molecule has 1 unspecified atom stereocenters. The summed E-state index contributed by atoms with van der Waals surface area (Å²) in [5, 5.41) is 3.88. The Balaban J connectivity index is 1.46. The number of amides is 2. The van der Waals surface area contributed by atoms with Gasteiger partial charge in [0.15, 0.2) is 0 Å². The van der Waals surface area contributed by atoms with Gasteiger partial charge in [0, 0.05) is 42.9 Å². The molecule has 27 heavy (non-hydrogen) atoms. The van der Waals surface area contributed by atoms with Crippen LogP contribution < -0.4 is 5.32 Å². The van der Waals surface area contributed by atoms with Crippen LogP contribution in [0.3, 0.4) is 0 Å². The number of nitrogens with one attached hydrogen (secondary N) is 2. The number of carbonyl (C=O) groups excluding carboxylic acids is 2. The topological polar surface area (TPSA) is 87.3 Å². The molecular weight excluding hydrogens is 344 g/mol. The number of piperidine rings is 1. The molecule has 0 bridgehead atoms. The zero-order valence-electron chi connectivity index (χ0n) is 16.2. The van der Waals surface area contributed by atoms with Gasteiger partial charge in [-0.25, -0.2) is 4.79 Å². The van der Waals surface area contributed by atoms with Gasteiger partial charge in [-0.1, -0.05) is 0 Å². The van der Waals surface area contributed by atoms with Crippen molar-refractivity contribution in [2.45, 2.75) is 45.6 Å². The molecule has 0 spiro atoms. The first kappa shape index (κ1) is 19.2. The Hall–Kier alpha value is -2.57. The number of likely N-dealkylation sites (tertiary alicyclic amines) is 1. The van der Waals surface area contributed by atoms with Gasteiger partial charge in [-0.05, 0) is 58.1 Å². The number of fused-ring (bicyclic) bond motifs is 1. The van der Waals surface area contributed by atoms with Crippen LogP contribution in [0.25, 0.3) is 10.9 Å². The Morgan fingerprint density at radius 3 is 2.96 bits per heavy atom. The number of carbonyl (C=O) groups is 2. The summed E-state index contributed by atoms with van der Waals surface area (Å²) in [6, 6.07) is 3.65. The summed E-state index contributed by atoms with van der Waals surface area (Å²) in [4.78, 5) is 33.5. The van der Waals surface area contributed by atoms with Gasteiger partial charge in [-0.3, -0.25) is 9.78 Å². The van der Waals surface area contributed by atoms with Crippen molar-refractivity contribution in [3.8, 4) is 0 Å². The second kappa shape index (κ2) is 7.98. The largest absolute Gasteiger partial charge is 0.444 e. The highest BCUT2D eigenvalue weighted by Gasteiger charge is 2.27. The van der Waals surface area contributed by atoms with Crippen LogP contribution in [0.5, 0.6) is 0 Å². The van der Waals surface area contributed by atoms with Crippen molar-refractivity contribution in [3.05, 3.63) is 30.2 Å². The zero-order valence-corrected chi connectivity index (χ0v) is 16.2. The van der Waals surface area contributed by atoms with E-state index in [0.717, 1.165) is 36.7 Å². The van der Waals surface area contributed by atoms with E-state index < -0.39 is 5.60 Å². The number of rotatable bonds is 4. The molecule has 3 heterocycles. The van der Waals surface area contributed by atoms with Crippen LogP contribution in [0.4, 0.5) is 4.79 Å². The highest BCUT2D eigenvalue weighted by Crippen LogP contribution is 2.21. The number of hydrogen-bond acceptors (Lipinski definition) is 4. The highest BCUT2D eigenvalue weighted by molar-refractivity contribution is 5.97. The van der Waals surface area contributed by atoms with Crippen LogP contribution in [0.2, 0.25) is 0 Å². The number of H-pyrrole nitrogens is 1. The standard InChI is InChI=1S/C20H28N4O3/c1-20(2,3)27-19(26)24-10-4-5-14(13-24)6-9-22-18(25)17-11-15-12-21-8-7-16(15)23-17/h7-8,11-12,14,23H,4-6,9-10,13H2,1-3H3,(H,22,25). The smallest absolute Gasteiger partial charge is 0.410 e. The maximum Gasteiger partial charge on any atom is 0.410 e. The molecule has 1 saturated heterocycles. The first-order chi connectivity index (χ1) is 12.8. The maximum absolute atomic E-state index is 12.3. The first-order valence-corrected chi connectivity index (χ1v) is 9.51. The SMILES string of the molecule is CC(C)(C)OC(=O)N1CCCC(CCNC(=O)c2cc3cnccc3[nH]2)C1. The van der Waals surface area contributed by atoms with E-state index in [-0.39, 0.29) is 12.0 Å². The van der Waals surface area contributed by atoms with E-state index in [4.69, 9.17) is 4.74 Å². The molecule has 0 radical (unpaired) electrons. The van der Waals surface area contributed by atoms with Gasteiger partial charge in [-0.2, -0.15) is 0 Å². The molecule has 2 N–H and O–H groups in total. The van der Waals surface area contributed by atoms with E-state index in [2.05, 4.69) is 15.3 Å². The Bertz CT molecular complexity index is 776. The van der Waals surface area contributed by atoms with Crippen LogP contribution in [0, 0.1) is 5.92 Å². The van der Waals surface area contributed by atoms with Crippen LogP contribution in [0.1, 0.15) is 50.5 Å². The van der Waals surface area contributed by atoms with Crippen molar-refractivity contribution < 1.29 is 14.3 Å². The summed E-state index contributed by atoms with van der Waals surface area (Å²) < 4.78 is 5.46. The molecule has 7 nitrogen and oxygen atoms in total. The van der Waals surface area contributed by atoms with E-state index in [1.54, 1.807) is 17.3 Å². The third-order valence-electron chi connectivity index (χ3n) is 4.67. The molecule has 2 amide bonds. The average Bonchev–Trinajstić information content (AvgIpc) is 3.05. The Morgan fingerprint density at radius 1 is 1.41 bits per heavy atom. The molecule has 7 heteroatoms. The van der Waals surface area contributed by atoms with Crippen molar-refractivity contribution in [3.63, 3.8) is 0 Å². The summed E-state index contributed by atoms with van der Waals surface area (Å²) in [7, 11) is 0. The van der Waals surface area contributed by atoms with Crippen molar-refractivity contribution in [1.29, 1.82) is 0 Å². The molecule has 1 fully saturated rings. The molecule has 3 rings (SSSR count). The van der Waals surface area contributed by atoms with Crippen molar-refractivity contribution >= 4 is 22.9 Å². The van der Waals surface area contributed by atoms with Gasteiger partial charge >= 0.3 is 6.09 Å². The summed E-state index contributed by atoms with van der Waals surface area (Å²) >= 11 is 0. The van der Waals surface area contributed by atoms with Crippen LogP contribution in [-0.4, -0.2) is 52.1 Å². The van der Waals surface area contributed by atoms with E-state index in [0.29, 0.717) is 24.7 Å². The fourth-order valence-electron chi connectivity index (χ4n) is 3.37. The second-order valence-electron chi connectivity index (χ2n) is 8.13. The third kappa shape index (κ3) is 5.21. The first-order valence-electron chi connectivity index (χ1n) is 9.51. The van der Waals surface area contributed by atoms with E-state index in [1.807, 2.05) is 32.9 Å². The number of nitrogens with zero attached hydrogens (tertiary/aromatic N) is 2. The second-order valence-corrected chi connectivity index (χ2v) is 8.13. The summed E-state index contributed by atoms with van der Waals surface area (Å²) in [5.74, 6) is 0.254. The minimum atomic E-state index is -0.479. The minimum absolute atomic E-state index is 0.119. The average molecular weight is 372 g/mol. The molecule has 0 saturated carbocycles. The number of ether oxygens (including phenoxy) is 1. The van der Waals surface area contributed by atoms with Gasteiger partial charge in [0.2, 0.25) is 0 Å². The Labute approximate surface area is 159 Å². The molecule has 1 aliphatic heterocycles. The number of pyridine rings is 1. The highest BCUT2D eigenvalue weighted by atomic mass is 16.6. The van der Waals surface area contributed by atoms with Gasteiger partial charge < -0.3 is 19.9 Å². The lowest BCUT2D eigenvalue weighted by Crippen LogP contribution is -2.43. The monoisotopic (exact) mass is 372 g/mol. The molecule has 0 aromatic carbocycles. The molecule has 2 aromatic rings. The van der Waals surface area contributed by atoms with Crippen LogP contribution >= 0.6 is 0 Å². The Kier molecular flexibility index (Phi) is 5.68. The minimum Gasteiger partial charge on any atom is -0.444 e. The summed E-state index contributed by atoms with van der Waals surface area (Å²) in [6.07, 6.45) is 6.05. The lowest BCUT2D eigenvalue weighted by molar-refractivity contribution is 0.0161. The van der Waals surface area contributed by atoms with Crippen LogP contribution in [-0.2, 0) is 4.74 Å². The molecule has 1 atom stereocenters. The normalized spacial score (nSPS) is 17.7. The molecule has 146 valence electrons. The maximum atomic E-state index is 12.3. The molecule has 2 aromatic heterocycles. The lowest BCUT2D eigenvalue weighted by atomic mass is 9.95. The van der Waals surface area contributed by atoms with Crippen LogP contribution in [0.15, 0.2) is 24.5 Å². The third-order valence-corrected chi connectivity index (χ3v) is 4.67. The lowest BCUT2D eigenvalue weighted by Gasteiger charge is -2.34. The number of hydrogen-bond donors (Lipinski definition) is 2. The Morgan fingerprint density at radius 2 is 2.22 bits per heavy atom. The predicted molar refractivity (Wildman–Crippen MR) is 104 cm³/mol. The molecule has 1 aliphatic rings. The van der Waals surface area contributed by atoms with Gasteiger partial charge in [0.1, 0.15) is 11.3 Å². The van der Waals surface area contributed by atoms with Gasteiger partial charge in [0.25, 0.3) is 5.91 Å². The number of aromatic amines is 1. The summed E-state index contributed by atoms with van der Waals surface area (Å²) in [5.41, 5.74) is 0.958. The van der Waals surface area contributed by atoms with E-state index >= 15 is 0 Å². The van der Waals surface area contributed by atoms with E-state index in [9.17, 15) is 9.59 Å². The number of aromatic nitrogens is 2. The van der Waals surface area contributed by atoms with Crippen molar-refractivity contribution in [1.82, 2.24) is 20.2 Å². The van der Waals surface area contributed by atoms with E-state index in [1.165, 1.54) is 0 Å². The molecular formula is C20H28N4O3. The zero-order chi connectivity index (χ0) is 19.4. The fraction of sp³-hybridized carbons (Fsp3) is 0.550. The molecule has 0 aliphatic carbocycles.